The third-order valence-electron chi connectivity index (χ3n) is 5.21. The molecule has 1 amide bonds. The Labute approximate surface area is 175 Å². The Balaban J connectivity index is 1.43. The van der Waals surface area contributed by atoms with Gasteiger partial charge in [0.2, 0.25) is 17.6 Å². The van der Waals surface area contributed by atoms with Crippen molar-refractivity contribution in [3.63, 3.8) is 0 Å². The van der Waals surface area contributed by atoms with Crippen molar-refractivity contribution in [1.29, 1.82) is 0 Å². The number of ether oxygens (including phenoxy) is 2. The van der Waals surface area contributed by atoms with Gasteiger partial charge in [0, 0.05) is 12.1 Å². The summed E-state index contributed by atoms with van der Waals surface area (Å²) >= 11 is 0. The van der Waals surface area contributed by atoms with Crippen molar-refractivity contribution in [2.24, 2.45) is 0 Å². The minimum absolute atomic E-state index is 0.0300. The molecule has 7 nitrogen and oxygen atoms in total. The molecule has 0 spiro atoms. The van der Waals surface area contributed by atoms with E-state index in [1.165, 1.54) is 0 Å². The van der Waals surface area contributed by atoms with Gasteiger partial charge < -0.3 is 18.9 Å². The number of hydrogen-bond donors (Lipinski definition) is 0. The number of likely N-dealkylation sites (tertiary alicyclic amines) is 1. The van der Waals surface area contributed by atoms with Crippen LogP contribution < -0.4 is 4.74 Å². The Kier molecular flexibility index (Phi) is 6.39. The standard InChI is InChI=1S/C23H25N3O4/c1-28-19-11-7-10-18(14-19)22-24-23(30-25-22)20-12-5-6-13-26(20)21(27)16-29-15-17-8-3-2-4-9-17/h2-4,7-11,14,20H,5-6,12-13,15-16H2,1H3. The van der Waals surface area contributed by atoms with Crippen LogP contribution in [0.1, 0.15) is 36.8 Å². The molecule has 2 aromatic carbocycles. The number of nitrogens with zero attached hydrogens (tertiary/aromatic N) is 3. The molecule has 0 bridgehead atoms. The second-order valence-corrected chi connectivity index (χ2v) is 7.27. The van der Waals surface area contributed by atoms with Crippen molar-refractivity contribution in [2.75, 3.05) is 20.3 Å². The van der Waals surface area contributed by atoms with Crippen molar-refractivity contribution in [3.8, 4) is 17.1 Å². The molecule has 7 heteroatoms. The van der Waals surface area contributed by atoms with Gasteiger partial charge in [-0.15, -0.1) is 0 Å². The number of carbonyl (C=O) groups excluding carboxylic acids is 1. The van der Waals surface area contributed by atoms with E-state index in [4.69, 9.17) is 14.0 Å². The highest BCUT2D eigenvalue weighted by atomic mass is 16.5. The van der Waals surface area contributed by atoms with Crippen LogP contribution in [0, 0.1) is 0 Å². The number of benzene rings is 2. The number of rotatable bonds is 7. The summed E-state index contributed by atoms with van der Waals surface area (Å²) in [5.41, 5.74) is 1.85. The molecule has 1 aliphatic rings. The van der Waals surface area contributed by atoms with E-state index in [0.29, 0.717) is 24.9 Å². The highest BCUT2D eigenvalue weighted by molar-refractivity contribution is 5.78. The fourth-order valence-corrected chi connectivity index (χ4v) is 3.65. The molecule has 0 saturated carbocycles. The van der Waals surface area contributed by atoms with Crippen molar-refractivity contribution < 1.29 is 18.8 Å². The Morgan fingerprint density at radius 3 is 2.87 bits per heavy atom. The molecule has 156 valence electrons. The predicted molar refractivity (Wildman–Crippen MR) is 111 cm³/mol. The summed E-state index contributed by atoms with van der Waals surface area (Å²) in [4.78, 5) is 19.2. The minimum atomic E-state index is -0.224. The van der Waals surface area contributed by atoms with E-state index in [1.807, 2.05) is 54.6 Å². The third-order valence-corrected chi connectivity index (χ3v) is 5.21. The molecule has 3 aromatic rings. The van der Waals surface area contributed by atoms with Crippen LogP contribution in [0.25, 0.3) is 11.4 Å². The molecule has 1 aromatic heterocycles. The molecule has 2 heterocycles. The Hall–Kier alpha value is -3.19. The van der Waals surface area contributed by atoms with Crippen LogP contribution in [0.2, 0.25) is 0 Å². The van der Waals surface area contributed by atoms with Gasteiger partial charge >= 0.3 is 0 Å². The van der Waals surface area contributed by atoms with Crippen molar-refractivity contribution in [1.82, 2.24) is 15.0 Å². The number of methoxy groups -OCH3 is 1. The summed E-state index contributed by atoms with van der Waals surface area (Å²) in [6, 6.07) is 17.1. The molecular formula is C23H25N3O4. The Morgan fingerprint density at radius 2 is 2.03 bits per heavy atom. The summed E-state index contributed by atoms with van der Waals surface area (Å²) in [5.74, 6) is 1.62. The Morgan fingerprint density at radius 1 is 1.17 bits per heavy atom. The molecule has 1 unspecified atom stereocenters. The maximum absolute atomic E-state index is 12.8. The largest absolute Gasteiger partial charge is 0.497 e. The maximum atomic E-state index is 12.8. The number of piperidine rings is 1. The molecule has 4 rings (SSSR count). The smallest absolute Gasteiger partial charge is 0.249 e. The number of amides is 1. The molecule has 1 saturated heterocycles. The first-order chi connectivity index (χ1) is 14.7. The van der Waals surface area contributed by atoms with E-state index in [9.17, 15) is 4.79 Å². The van der Waals surface area contributed by atoms with Crippen LogP contribution in [-0.2, 0) is 16.1 Å². The summed E-state index contributed by atoms with van der Waals surface area (Å²) in [6.45, 7) is 1.10. The minimum Gasteiger partial charge on any atom is -0.497 e. The van der Waals surface area contributed by atoms with Gasteiger partial charge in [-0.3, -0.25) is 4.79 Å². The van der Waals surface area contributed by atoms with Crippen LogP contribution >= 0.6 is 0 Å². The number of carbonyl (C=O) groups is 1. The second kappa shape index (κ2) is 9.54. The summed E-state index contributed by atoms with van der Waals surface area (Å²) in [7, 11) is 1.62. The SMILES string of the molecule is COc1cccc(-c2noc(C3CCCCN3C(=O)COCc3ccccc3)n2)c1. The van der Waals surface area contributed by atoms with E-state index < -0.39 is 0 Å². The van der Waals surface area contributed by atoms with Crippen molar-refractivity contribution >= 4 is 5.91 Å². The van der Waals surface area contributed by atoms with E-state index in [2.05, 4.69) is 10.1 Å². The lowest BCUT2D eigenvalue weighted by Gasteiger charge is -2.33. The van der Waals surface area contributed by atoms with Gasteiger partial charge in [-0.2, -0.15) is 4.98 Å². The van der Waals surface area contributed by atoms with Gasteiger partial charge in [-0.1, -0.05) is 47.6 Å². The Bertz CT molecular complexity index is 973. The lowest BCUT2D eigenvalue weighted by atomic mass is 10.0. The molecule has 1 atom stereocenters. The van der Waals surface area contributed by atoms with E-state index in [-0.39, 0.29) is 18.6 Å². The lowest BCUT2D eigenvalue weighted by molar-refractivity contribution is -0.141. The number of hydrogen-bond acceptors (Lipinski definition) is 6. The highest BCUT2D eigenvalue weighted by Gasteiger charge is 2.32. The zero-order chi connectivity index (χ0) is 20.8. The normalized spacial score (nSPS) is 16.4. The first kappa shape index (κ1) is 20.1. The zero-order valence-corrected chi connectivity index (χ0v) is 17.0. The zero-order valence-electron chi connectivity index (χ0n) is 17.0. The van der Waals surface area contributed by atoms with Crippen molar-refractivity contribution in [3.05, 3.63) is 66.1 Å². The van der Waals surface area contributed by atoms with Gasteiger partial charge in [0.1, 0.15) is 18.4 Å². The second-order valence-electron chi connectivity index (χ2n) is 7.27. The average molecular weight is 407 g/mol. The lowest BCUT2D eigenvalue weighted by Crippen LogP contribution is -2.40. The molecule has 0 aliphatic carbocycles. The van der Waals surface area contributed by atoms with Gasteiger partial charge in [-0.25, -0.2) is 0 Å². The van der Waals surface area contributed by atoms with Crippen LogP contribution in [0.3, 0.4) is 0 Å². The first-order valence-corrected chi connectivity index (χ1v) is 10.1. The van der Waals surface area contributed by atoms with Crippen LogP contribution in [0.5, 0.6) is 5.75 Å². The monoisotopic (exact) mass is 407 g/mol. The van der Waals surface area contributed by atoms with E-state index >= 15 is 0 Å². The summed E-state index contributed by atoms with van der Waals surface area (Å²) in [6.07, 6.45) is 2.76. The predicted octanol–water partition coefficient (Wildman–Crippen LogP) is 4.02. The average Bonchev–Trinajstić information content (AvgIpc) is 3.30. The maximum Gasteiger partial charge on any atom is 0.249 e. The van der Waals surface area contributed by atoms with Crippen molar-refractivity contribution in [2.45, 2.75) is 31.9 Å². The first-order valence-electron chi connectivity index (χ1n) is 10.1. The van der Waals surface area contributed by atoms with E-state index in [1.54, 1.807) is 12.0 Å². The quantitative estimate of drug-likeness (QED) is 0.589. The van der Waals surface area contributed by atoms with Gasteiger partial charge in [0.25, 0.3) is 0 Å². The molecule has 1 fully saturated rings. The molecular weight excluding hydrogens is 382 g/mol. The van der Waals surface area contributed by atoms with Crippen LogP contribution in [-0.4, -0.2) is 41.2 Å². The molecule has 0 radical (unpaired) electrons. The fourth-order valence-electron chi connectivity index (χ4n) is 3.65. The van der Waals surface area contributed by atoms with Crippen LogP contribution in [0.4, 0.5) is 0 Å². The molecule has 0 N–H and O–H groups in total. The molecule has 30 heavy (non-hydrogen) atoms. The summed E-state index contributed by atoms with van der Waals surface area (Å²) < 4.78 is 16.5. The highest BCUT2D eigenvalue weighted by Crippen LogP contribution is 2.31. The third kappa shape index (κ3) is 4.68. The fraction of sp³-hybridized carbons (Fsp3) is 0.348. The van der Waals surface area contributed by atoms with Gasteiger partial charge in [0.15, 0.2) is 0 Å². The van der Waals surface area contributed by atoms with E-state index in [0.717, 1.165) is 36.1 Å². The van der Waals surface area contributed by atoms with Crippen LogP contribution in [0.15, 0.2) is 59.1 Å². The van der Waals surface area contributed by atoms with Gasteiger partial charge in [0.05, 0.1) is 13.7 Å². The topological polar surface area (TPSA) is 77.7 Å². The van der Waals surface area contributed by atoms with Gasteiger partial charge in [-0.05, 0) is 37.0 Å². The molecule has 1 aliphatic heterocycles. The number of aromatic nitrogens is 2. The summed E-state index contributed by atoms with van der Waals surface area (Å²) in [5, 5.41) is 4.12.